The first-order valence-electron chi connectivity index (χ1n) is 8.58. The predicted octanol–water partition coefficient (Wildman–Crippen LogP) is 3.66. The highest BCUT2D eigenvalue weighted by Gasteiger charge is 2.10. The number of aromatic nitrogens is 1. The first-order chi connectivity index (χ1) is 12.5. The van der Waals surface area contributed by atoms with E-state index in [0.29, 0.717) is 36.9 Å². The average molecular weight is 376 g/mol. The first-order valence-corrected chi connectivity index (χ1v) is 9.46. The number of hydrogen-bond acceptors (Lipinski definition) is 6. The fraction of sp³-hybridized carbons (Fsp3) is 0.421. The highest BCUT2D eigenvalue weighted by molar-refractivity contribution is 7.13. The second-order valence-electron chi connectivity index (χ2n) is 5.89. The van der Waals surface area contributed by atoms with Gasteiger partial charge in [-0.25, -0.2) is 4.98 Å². The van der Waals surface area contributed by atoms with E-state index in [4.69, 9.17) is 9.47 Å². The summed E-state index contributed by atoms with van der Waals surface area (Å²) in [6.07, 6.45) is 1.07. The maximum atomic E-state index is 12.0. The lowest BCUT2D eigenvalue weighted by Gasteiger charge is -2.09. The molecule has 2 rings (SSSR count). The van der Waals surface area contributed by atoms with Gasteiger partial charge in [0, 0.05) is 11.8 Å². The van der Waals surface area contributed by atoms with E-state index in [9.17, 15) is 9.59 Å². The summed E-state index contributed by atoms with van der Waals surface area (Å²) < 4.78 is 10.6. The van der Waals surface area contributed by atoms with Gasteiger partial charge < -0.3 is 14.8 Å². The molecule has 0 aliphatic carbocycles. The number of thiazole rings is 1. The SMILES string of the molecule is CCOC(=O)Cc1csc(NC(=O)CCCOc2cc(C)ccc2C)n1. The zero-order valence-electron chi connectivity index (χ0n) is 15.3. The molecule has 1 aromatic carbocycles. The molecule has 0 saturated carbocycles. The molecule has 0 atom stereocenters. The van der Waals surface area contributed by atoms with E-state index in [1.54, 1.807) is 12.3 Å². The summed E-state index contributed by atoms with van der Waals surface area (Å²) in [5.74, 6) is 0.416. The molecule has 7 heteroatoms. The minimum Gasteiger partial charge on any atom is -0.493 e. The highest BCUT2D eigenvalue weighted by atomic mass is 32.1. The topological polar surface area (TPSA) is 77.5 Å². The van der Waals surface area contributed by atoms with Crippen molar-refractivity contribution in [2.24, 2.45) is 0 Å². The summed E-state index contributed by atoms with van der Waals surface area (Å²) in [6, 6.07) is 6.06. The summed E-state index contributed by atoms with van der Waals surface area (Å²) >= 11 is 1.30. The van der Waals surface area contributed by atoms with Crippen molar-refractivity contribution in [3.8, 4) is 5.75 Å². The second-order valence-corrected chi connectivity index (χ2v) is 6.75. The summed E-state index contributed by atoms with van der Waals surface area (Å²) in [6.45, 7) is 6.59. The van der Waals surface area contributed by atoms with Gasteiger partial charge in [-0.3, -0.25) is 9.59 Å². The van der Waals surface area contributed by atoms with Gasteiger partial charge in [0.05, 0.1) is 25.3 Å². The van der Waals surface area contributed by atoms with Crippen LogP contribution in [-0.2, 0) is 20.7 Å². The number of nitrogens with one attached hydrogen (secondary N) is 1. The summed E-state index contributed by atoms with van der Waals surface area (Å²) in [4.78, 5) is 27.6. The molecule has 26 heavy (non-hydrogen) atoms. The van der Waals surface area contributed by atoms with Crippen molar-refractivity contribution in [1.82, 2.24) is 4.98 Å². The molecule has 1 aromatic heterocycles. The van der Waals surface area contributed by atoms with Gasteiger partial charge in [0.15, 0.2) is 5.13 Å². The third-order valence-electron chi connectivity index (χ3n) is 3.58. The van der Waals surface area contributed by atoms with Gasteiger partial charge in [0.1, 0.15) is 5.75 Å². The van der Waals surface area contributed by atoms with E-state index < -0.39 is 0 Å². The molecule has 0 aliphatic rings. The summed E-state index contributed by atoms with van der Waals surface area (Å²) in [7, 11) is 0. The van der Waals surface area contributed by atoms with Crippen LogP contribution in [0.5, 0.6) is 5.75 Å². The lowest BCUT2D eigenvalue weighted by molar-refractivity contribution is -0.142. The standard InChI is InChI=1S/C19H24N2O4S/c1-4-24-18(23)11-15-12-26-19(20-15)21-17(22)6-5-9-25-16-10-13(2)7-8-14(16)3/h7-8,10,12H,4-6,9,11H2,1-3H3,(H,20,21,22). The number of benzene rings is 1. The van der Waals surface area contributed by atoms with E-state index >= 15 is 0 Å². The van der Waals surface area contributed by atoms with E-state index in [1.807, 2.05) is 32.0 Å². The van der Waals surface area contributed by atoms with Gasteiger partial charge in [-0.2, -0.15) is 0 Å². The molecule has 0 radical (unpaired) electrons. The molecular formula is C19H24N2O4S. The van der Waals surface area contributed by atoms with Crippen molar-refractivity contribution >= 4 is 28.3 Å². The molecule has 0 unspecified atom stereocenters. The van der Waals surface area contributed by atoms with Gasteiger partial charge in [-0.15, -0.1) is 11.3 Å². The molecule has 1 amide bonds. The molecular weight excluding hydrogens is 352 g/mol. The molecule has 0 bridgehead atoms. The zero-order valence-corrected chi connectivity index (χ0v) is 16.1. The van der Waals surface area contributed by atoms with Crippen LogP contribution in [0.1, 0.15) is 36.6 Å². The molecule has 0 saturated heterocycles. The minimum atomic E-state index is -0.320. The van der Waals surface area contributed by atoms with Crippen molar-refractivity contribution < 1.29 is 19.1 Å². The molecule has 0 spiro atoms. The highest BCUT2D eigenvalue weighted by Crippen LogP contribution is 2.20. The number of hydrogen-bond donors (Lipinski definition) is 1. The van der Waals surface area contributed by atoms with Crippen molar-refractivity contribution in [3.05, 3.63) is 40.4 Å². The Morgan fingerprint density at radius 1 is 1.27 bits per heavy atom. The van der Waals surface area contributed by atoms with Crippen LogP contribution in [0.15, 0.2) is 23.6 Å². The van der Waals surface area contributed by atoms with Gasteiger partial charge in [-0.1, -0.05) is 12.1 Å². The predicted molar refractivity (Wildman–Crippen MR) is 102 cm³/mol. The number of rotatable bonds is 9. The maximum absolute atomic E-state index is 12.0. The van der Waals surface area contributed by atoms with Crippen LogP contribution in [0, 0.1) is 13.8 Å². The van der Waals surface area contributed by atoms with E-state index in [1.165, 1.54) is 11.3 Å². The largest absolute Gasteiger partial charge is 0.493 e. The van der Waals surface area contributed by atoms with E-state index in [0.717, 1.165) is 16.9 Å². The van der Waals surface area contributed by atoms with Crippen LogP contribution in [0.4, 0.5) is 5.13 Å². The molecule has 1 N–H and O–H groups in total. The average Bonchev–Trinajstić information content (AvgIpc) is 3.01. The molecule has 140 valence electrons. The number of aryl methyl sites for hydroxylation is 2. The Kier molecular flexibility index (Phi) is 7.59. The summed E-state index contributed by atoms with van der Waals surface area (Å²) in [5, 5.41) is 4.98. The van der Waals surface area contributed by atoms with Gasteiger partial charge >= 0.3 is 5.97 Å². The fourth-order valence-corrected chi connectivity index (χ4v) is 2.99. The molecule has 1 heterocycles. The van der Waals surface area contributed by atoms with Crippen LogP contribution in [0.25, 0.3) is 0 Å². The lowest BCUT2D eigenvalue weighted by atomic mass is 10.1. The molecule has 6 nitrogen and oxygen atoms in total. The number of carbonyl (C=O) groups is 2. The Morgan fingerprint density at radius 3 is 2.85 bits per heavy atom. The Morgan fingerprint density at radius 2 is 2.08 bits per heavy atom. The Hall–Kier alpha value is -2.41. The summed E-state index contributed by atoms with van der Waals surface area (Å²) in [5.41, 5.74) is 2.82. The molecule has 2 aromatic rings. The number of carbonyl (C=O) groups excluding carboxylic acids is 2. The fourth-order valence-electron chi connectivity index (χ4n) is 2.26. The van der Waals surface area contributed by atoms with Crippen LogP contribution in [0.3, 0.4) is 0 Å². The lowest BCUT2D eigenvalue weighted by Crippen LogP contribution is -2.13. The normalized spacial score (nSPS) is 10.4. The minimum absolute atomic E-state index is 0.115. The number of amides is 1. The Bertz CT molecular complexity index is 758. The van der Waals surface area contributed by atoms with Crippen LogP contribution in [0.2, 0.25) is 0 Å². The molecule has 0 fully saturated rings. The van der Waals surface area contributed by atoms with Crippen LogP contribution in [-0.4, -0.2) is 30.1 Å². The van der Waals surface area contributed by atoms with Gasteiger partial charge in [-0.05, 0) is 44.4 Å². The van der Waals surface area contributed by atoms with Crippen molar-refractivity contribution in [3.63, 3.8) is 0 Å². The van der Waals surface area contributed by atoms with Crippen LogP contribution < -0.4 is 10.1 Å². The third-order valence-corrected chi connectivity index (χ3v) is 4.38. The van der Waals surface area contributed by atoms with E-state index in [-0.39, 0.29) is 18.3 Å². The third kappa shape index (κ3) is 6.48. The van der Waals surface area contributed by atoms with Crippen molar-refractivity contribution in [1.29, 1.82) is 0 Å². The van der Waals surface area contributed by atoms with Gasteiger partial charge in [0.2, 0.25) is 5.91 Å². The smallest absolute Gasteiger partial charge is 0.311 e. The number of anilines is 1. The Balaban J connectivity index is 1.71. The van der Waals surface area contributed by atoms with Gasteiger partial charge in [0.25, 0.3) is 0 Å². The maximum Gasteiger partial charge on any atom is 0.311 e. The van der Waals surface area contributed by atoms with Crippen LogP contribution >= 0.6 is 11.3 Å². The quantitative estimate of drug-likeness (QED) is 0.534. The Labute approximate surface area is 157 Å². The first kappa shape index (κ1) is 19.9. The number of nitrogens with zero attached hydrogens (tertiary/aromatic N) is 1. The van der Waals surface area contributed by atoms with E-state index in [2.05, 4.69) is 10.3 Å². The monoisotopic (exact) mass is 376 g/mol. The number of esters is 1. The molecule has 0 aliphatic heterocycles. The zero-order chi connectivity index (χ0) is 18.9. The number of ether oxygens (including phenoxy) is 2. The second kappa shape index (κ2) is 9.91. The van der Waals surface area contributed by atoms with Crippen molar-refractivity contribution in [2.75, 3.05) is 18.5 Å². The van der Waals surface area contributed by atoms with Crippen molar-refractivity contribution in [2.45, 2.75) is 40.0 Å².